The molecule has 0 aliphatic heterocycles. The molecule has 102 valence electrons. The molecule has 2 N–H and O–H groups in total. The van der Waals surface area contributed by atoms with Crippen molar-refractivity contribution in [2.45, 2.75) is 39.8 Å². The van der Waals surface area contributed by atoms with Gasteiger partial charge in [0.1, 0.15) is 17.3 Å². The molecule has 0 amide bonds. The van der Waals surface area contributed by atoms with Crippen molar-refractivity contribution in [1.29, 1.82) is 0 Å². The van der Waals surface area contributed by atoms with E-state index in [1.165, 1.54) is 5.56 Å². The van der Waals surface area contributed by atoms with Gasteiger partial charge in [-0.25, -0.2) is 0 Å². The fourth-order valence-electron chi connectivity index (χ4n) is 2.10. The van der Waals surface area contributed by atoms with Gasteiger partial charge in [-0.3, -0.25) is 0 Å². The maximum atomic E-state index is 6.04. The summed E-state index contributed by atoms with van der Waals surface area (Å²) < 4.78 is 11.7. The zero-order chi connectivity index (χ0) is 14.0. The van der Waals surface area contributed by atoms with E-state index in [1.54, 1.807) is 0 Å². The smallest absolute Gasteiger partial charge is 0.171 e. The first-order valence-electron chi connectivity index (χ1n) is 6.53. The maximum Gasteiger partial charge on any atom is 0.171 e. The maximum absolute atomic E-state index is 6.04. The Kier molecular flexibility index (Phi) is 3.96. The van der Waals surface area contributed by atoms with E-state index in [2.05, 4.69) is 13.0 Å². The number of aryl methyl sites for hydroxylation is 3. The van der Waals surface area contributed by atoms with Crippen LogP contribution in [0.1, 0.15) is 35.7 Å². The van der Waals surface area contributed by atoms with Gasteiger partial charge in [-0.1, -0.05) is 17.7 Å². The fourth-order valence-corrected chi connectivity index (χ4v) is 2.10. The van der Waals surface area contributed by atoms with Gasteiger partial charge >= 0.3 is 0 Å². The van der Waals surface area contributed by atoms with Gasteiger partial charge in [0.2, 0.25) is 0 Å². The van der Waals surface area contributed by atoms with Crippen LogP contribution in [0.25, 0.3) is 0 Å². The standard InChI is InChI=1S/C16H21NO2/c1-10-5-7-14(11(2)9-10)19-16(13(4)17)15-8-6-12(3)18-15/h5-9,13,16H,17H2,1-4H3. The number of nitrogens with two attached hydrogens (primary N) is 1. The van der Waals surface area contributed by atoms with Crippen LogP contribution in [0.5, 0.6) is 5.75 Å². The highest BCUT2D eigenvalue weighted by atomic mass is 16.5. The predicted octanol–water partition coefficient (Wildman–Crippen LogP) is 3.67. The number of rotatable bonds is 4. The third-order valence-electron chi connectivity index (χ3n) is 3.10. The van der Waals surface area contributed by atoms with Crippen molar-refractivity contribution >= 4 is 0 Å². The van der Waals surface area contributed by atoms with Crippen LogP contribution < -0.4 is 10.5 Å². The highest BCUT2D eigenvalue weighted by Crippen LogP contribution is 2.28. The van der Waals surface area contributed by atoms with Crippen molar-refractivity contribution in [1.82, 2.24) is 0 Å². The van der Waals surface area contributed by atoms with Gasteiger partial charge < -0.3 is 14.9 Å². The Labute approximate surface area is 114 Å². The van der Waals surface area contributed by atoms with Gasteiger partial charge in [0.25, 0.3) is 0 Å². The number of ether oxygens (including phenoxy) is 1. The number of furan rings is 1. The summed E-state index contributed by atoms with van der Waals surface area (Å²) in [5.74, 6) is 2.49. The first-order valence-corrected chi connectivity index (χ1v) is 6.53. The Hall–Kier alpha value is -1.74. The highest BCUT2D eigenvalue weighted by molar-refractivity contribution is 5.36. The molecule has 1 heterocycles. The van der Waals surface area contributed by atoms with Crippen molar-refractivity contribution in [3.05, 3.63) is 53.0 Å². The summed E-state index contributed by atoms with van der Waals surface area (Å²) >= 11 is 0. The summed E-state index contributed by atoms with van der Waals surface area (Å²) in [5, 5.41) is 0. The predicted molar refractivity (Wildman–Crippen MR) is 76.4 cm³/mol. The second-order valence-corrected chi connectivity index (χ2v) is 5.11. The lowest BCUT2D eigenvalue weighted by atomic mass is 10.1. The Morgan fingerprint density at radius 2 is 1.84 bits per heavy atom. The van der Waals surface area contributed by atoms with Crippen LogP contribution in [0, 0.1) is 20.8 Å². The van der Waals surface area contributed by atoms with Crippen LogP contribution in [-0.4, -0.2) is 6.04 Å². The van der Waals surface area contributed by atoms with Crippen molar-refractivity contribution in [3.8, 4) is 5.75 Å². The summed E-state index contributed by atoms with van der Waals surface area (Å²) in [6.45, 7) is 7.94. The SMILES string of the molecule is Cc1ccc(OC(c2ccc(C)o2)C(C)N)c(C)c1. The van der Waals surface area contributed by atoms with Crippen LogP contribution in [0.3, 0.4) is 0 Å². The van der Waals surface area contributed by atoms with E-state index in [0.717, 1.165) is 22.8 Å². The summed E-state index contributed by atoms with van der Waals surface area (Å²) in [5.41, 5.74) is 8.34. The topological polar surface area (TPSA) is 48.4 Å². The zero-order valence-corrected chi connectivity index (χ0v) is 11.9. The molecule has 0 aliphatic carbocycles. The molecule has 0 saturated carbocycles. The molecule has 2 rings (SSSR count). The largest absolute Gasteiger partial charge is 0.481 e. The molecule has 1 aromatic heterocycles. The molecule has 0 bridgehead atoms. The molecular formula is C16H21NO2. The molecule has 3 nitrogen and oxygen atoms in total. The van der Waals surface area contributed by atoms with Gasteiger partial charge in [0, 0.05) is 6.04 Å². The van der Waals surface area contributed by atoms with Gasteiger partial charge in [-0.05, 0) is 51.5 Å². The van der Waals surface area contributed by atoms with Crippen LogP contribution in [0.15, 0.2) is 34.7 Å². The van der Waals surface area contributed by atoms with Crippen molar-refractivity contribution in [2.24, 2.45) is 5.73 Å². The normalized spacial score (nSPS) is 14.2. The van der Waals surface area contributed by atoms with E-state index in [-0.39, 0.29) is 12.1 Å². The van der Waals surface area contributed by atoms with Crippen molar-refractivity contribution < 1.29 is 9.15 Å². The van der Waals surface area contributed by atoms with Gasteiger partial charge in [-0.2, -0.15) is 0 Å². The molecule has 3 heteroatoms. The van der Waals surface area contributed by atoms with Gasteiger partial charge in [0.15, 0.2) is 6.10 Å². The molecule has 2 atom stereocenters. The van der Waals surface area contributed by atoms with Gasteiger partial charge in [-0.15, -0.1) is 0 Å². The van der Waals surface area contributed by atoms with Crippen LogP contribution in [-0.2, 0) is 0 Å². The number of benzene rings is 1. The second kappa shape index (κ2) is 5.49. The van der Waals surface area contributed by atoms with E-state index in [9.17, 15) is 0 Å². The molecule has 0 aliphatic rings. The minimum Gasteiger partial charge on any atom is -0.481 e. The van der Waals surface area contributed by atoms with Crippen LogP contribution in [0.4, 0.5) is 0 Å². The Bertz CT molecular complexity index is 558. The summed E-state index contributed by atoms with van der Waals surface area (Å²) in [6, 6.07) is 9.82. The lowest BCUT2D eigenvalue weighted by Crippen LogP contribution is -2.28. The summed E-state index contributed by atoms with van der Waals surface area (Å²) in [6.07, 6.45) is -0.268. The lowest BCUT2D eigenvalue weighted by Gasteiger charge is -2.22. The third kappa shape index (κ3) is 3.18. The fraction of sp³-hybridized carbons (Fsp3) is 0.375. The molecule has 2 unspecified atom stereocenters. The number of hydrogen-bond donors (Lipinski definition) is 1. The zero-order valence-electron chi connectivity index (χ0n) is 11.9. The monoisotopic (exact) mass is 259 g/mol. The average Bonchev–Trinajstić information content (AvgIpc) is 2.74. The van der Waals surface area contributed by atoms with E-state index in [4.69, 9.17) is 14.9 Å². The highest BCUT2D eigenvalue weighted by Gasteiger charge is 2.22. The Balaban J connectivity index is 2.26. The quantitative estimate of drug-likeness (QED) is 0.911. The van der Waals surface area contributed by atoms with E-state index in [1.807, 2.05) is 45.0 Å². The van der Waals surface area contributed by atoms with E-state index < -0.39 is 0 Å². The first kappa shape index (κ1) is 13.7. The lowest BCUT2D eigenvalue weighted by molar-refractivity contribution is 0.151. The molecular weight excluding hydrogens is 238 g/mol. The van der Waals surface area contributed by atoms with Crippen molar-refractivity contribution in [2.75, 3.05) is 0 Å². The number of hydrogen-bond acceptors (Lipinski definition) is 3. The van der Waals surface area contributed by atoms with Crippen LogP contribution >= 0.6 is 0 Å². The molecule has 19 heavy (non-hydrogen) atoms. The molecule has 0 saturated heterocycles. The molecule has 2 aromatic rings. The summed E-state index contributed by atoms with van der Waals surface area (Å²) in [4.78, 5) is 0. The third-order valence-corrected chi connectivity index (χ3v) is 3.10. The average molecular weight is 259 g/mol. The Morgan fingerprint density at radius 3 is 2.37 bits per heavy atom. The second-order valence-electron chi connectivity index (χ2n) is 5.11. The Morgan fingerprint density at radius 1 is 1.11 bits per heavy atom. The van der Waals surface area contributed by atoms with E-state index in [0.29, 0.717) is 0 Å². The minimum atomic E-state index is -0.268. The molecule has 0 radical (unpaired) electrons. The van der Waals surface area contributed by atoms with E-state index >= 15 is 0 Å². The minimum absolute atomic E-state index is 0.147. The van der Waals surface area contributed by atoms with Crippen molar-refractivity contribution in [3.63, 3.8) is 0 Å². The summed E-state index contributed by atoms with van der Waals surface area (Å²) in [7, 11) is 0. The molecule has 0 fully saturated rings. The van der Waals surface area contributed by atoms with Crippen LogP contribution in [0.2, 0.25) is 0 Å². The first-order chi connectivity index (χ1) is 8.97. The molecule has 0 spiro atoms. The molecule has 1 aromatic carbocycles. The van der Waals surface area contributed by atoms with Gasteiger partial charge in [0.05, 0.1) is 0 Å².